The quantitative estimate of drug-likeness (QED) is 0.761. The van der Waals surface area contributed by atoms with Crippen LogP contribution in [0.4, 0.5) is 0 Å². The van der Waals surface area contributed by atoms with Gasteiger partial charge in [0, 0.05) is 18.2 Å². The van der Waals surface area contributed by atoms with E-state index < -0.39 is 0 Å². The van der Waals surface area contributed by atoms with Crippen molar-refractivity contribution in [1.82, 2.24) is 5.32 Å². The molecule has 0 bridgehead atoms. The van der Waals surface area contributed by atoms with Crippen LogP contribution in [0.2, 0.25) is 0 Å². The second-order valence-electron chi connectivity index (χ2n) is 5.27. The molecule has 90 valence electrons. The summed E-state index contributed by atoms with van der Waals surface area (Å²) in [6, 6.07) is 0. The van der Waals surface area contributed by atoms with E-state index in [0.717, 1.165) is 24.5 Å². The van der Waals surface area contributed by atoms with E-state index >= 15 is 0 Å². The number of amides is 1. The lowest BCUT2D eigenvalue weighted by molar-refractivity contribution is -0.123. The van der Waals surface area contributed by atoms with Gasteiger partial charge in [0.1, 0.15) is 0 Å². The molecule has 0 fully saturated rings. The van der Waals surface area contributed by atoms with Crippen LogP contribution in [0.1, 0.15) is 41.0 Å². The van der Waals surface area contributed by atoms with Gasteiger partial charge in [-0.15, -0.1) is 0 Å². The van der Waals surface area contributed by atoms with Crippen LogP contribution in [-0.2, 0) is 4.79 Å². The summed E-state index contributed by atoms with van der Waals surface area (Å²) in [6.45, 7) is 11.5. The normalized spacial score (nSPS) is 13.7. The third-order valence-electron chi connectivity index (χ3n) is 1.90. The van der Waals surface area contributed by atoms with Gasteiger partial charge in [-0.3, -0.25) is 4.79 Å². The summed E-state index contributed by atoms with van der Waals surface area (Å²) in [4.78, 5) is 11.5. The molecule has 3 heteroatoms. The number of rotatable bonds is 6. The summed E-state index contributed by atoms with van der Waals surface area (Å²) in [5.41, 5.74) is 0.351. The monoisotopic (exact) mass is 231 g/mol. The van der Waals surface area contributed by atoms with Gasteiger partial charge in [0.15, 0.2) is 0 Å². The third kappa shape index (κ3) is 8.79. The van der Waals surface area contributed by atoms with Crippen molar-refractivity contribution in [3.05, 3.63) is 0 Å². The first-order chi connectivity index (χ1) is 6.87. The smallest absolute Gasteiger partial charge is 0.223 e. The zero-order chi connectivity index (χ0) is 11.9. The van der Waals surface area contributed by atoms with E-state index in [9.17, 15) is 4.79 Å². The summed E-state index contributed by atoms with van der Waals surface area (Å²) in [6.07, 6.45) is 1.01. The van der Waals surface area contributed by atoms with Gasteiger partial charge in [0.05, 0.1) is 0 Å². The van der Waals surface area contributed by atoms with Crippen LogP contribution in [0.3, 0.4) is 0 Å². The van der Waals surface area contributed by atoms with Gasteiger partial charge < -0.3 is 5.32 Å². The van der Waals surface area contributed by atoms with Gasteiger partial charge in [-0.2, -0.15) is 11.8 Å². The molecule has 0 aromatic carbocycles. The molecule has 0 radical (unpaired) electrons. The summed E-state index contributed by atoms with van der Waals surface area (Å²) in [7, 11) is 0. The molecule has 0 aliphatic carbocycles. The second kappa shape index (κ2) is 7.15. The van der Waals surface area contributed by atoms with Crippen molar-refractivity contribution in [2.75, 3.05) is 18.1 Å². The van der Waals surface area contributed by atoms with Crippen LogP contribution in [0.25, 0.3) is 0 Å². The third-order valence-corrected chi connectivity index (χ3v) is 3.71. The Bertz CT molecular complexity index is 187. The van der Waals surface area contributed by atoms with Crippen molar-refractivity contribution in [1.29, 1.82) is 0 Å². The molecule has 0 heterocycles. The molecule has 1 N–H and O–H groups in total. The first-order valence-corrected chi connectivity index (χ1v) is 6.87. The number of hydrogen-bond donors (Lipinski definition) is 1. The van der Waals surface area contributed by atoms with Crippen LogP contribution in [0, 0.1) is 11.3 Å². The van der Waals surface area contributed by atoms with Crippen molar-refractivity contribution < 1.29 is 4.79 Å². The van der Waals surface area contributed by atoms with Crippen molar-refractivity contribution >= 4 is 17.7 Å². The Balaban J connectivity index is 3.64. The Labute approximate surface area is 98.6 Å². The Morgan fingerprint density at radius 1 is 1.40 bits per heavy atom. The van der Waals surface area contributed by atoms with E-state index in [4.69, 9.17) is 0 Å². The number of carbonyl (C=O) groups excluding carboxylic acids is 1. The number of thioether (sulfide) groups is 1. The standard InChI is InChI=1S/C12H25NOS/c1-6-7-13-11(14)10(2)8-15-9-12(3,4)5/h10H,6-9H2,1-5H3,(H,13,14). The Hall–Kier alpha value is -0.180. The average molecular weight is 231 g/mol. The topological polar surface area (TPSA) is 29.1 Å². The molecule has 0 aromatic rings. The predicted octanol–water partition coefficient (Wildman–Crippen LogP) is 2.93. The fourth-order valence-electron chi connectivity index (χ4n) is 1.04. The first-order valence-electron chi connectivity index (χ1n) is 5.72. The van der Waals surface area contributed by atoms with Gasteiger partial charge in [-0.05, 0) is 17.6 Å². The van der Waals surface area contributed by atoms with Crippen molar-refractivity contribution in [3.63, 3.8) is 0 Å². The predicted molar refractivity (Wildman–Crippen MR) is 69.2 cm³/mol. The number of nitrogens with one attached hydrogen (secondary N) is 1. The molecule has 0 rings (SSSR count). The summed E-state index contributed by atoms with van der Waals surface area (Å²) in [5.74, 6) is 2.35. The fourth-order valence-corrected chi connectivity index (χ4v) is 2.28. The highest BCUT2D eigenvalue weighted by Gasteiger charge is 2.15. The lowest BCUT2D eigenvalue weighted by atomic mass is 10.0. The molecule has 1 atom stereocenters. The summed E-state index contributed by atoms with van der Waals surface area (Å²) in [5, 5.41) is 2.93. The Morgan fingerprint density at radius 3 is 2.47 bits per heavy atom. The molecular formula is C12H25NOS. The SMILES string of the molecule is CCCNC(=O)C(C)CSCC(C)(C)C. The van der Waals surface area contributed by atoms with Crippen molar-refractivity contribution in [2.24, 2.45) is 11.3 Å². The van der Waals surface area contributed by atoms with Crippen LogP contribution in [-0.4, -0.2) is 24.0 Å². The molecular weight excluding hydrogens is 206 g/mol. The van der Waals surface area contributed by atoms with Gasteiger partial charge in [0.2, 0.25) is 5.91 Å². The van der Waals surface area contributed by atoms with Crippen LogP contribution in [0.5, 0.6) is 0 Å². The molecule has 0 aliphatic rings. The van der Waals surface area contributed by atoms with E-state index in [1.807, 2.05) is 18.7 Å². The van der Waals surface area contributed by atoms with Gasteiger partial charge in [-0.1, -0.05) is 34.6 Å². The minimum atomic E-state index is 0.129. The number of hydrogen-bond acceptors (Lipinski definition) is 2. The molecule has 0 aromatic heterocycles. The highest BCUT2D eigenvalue weighted by molar-refractivity contribution is 7.99. The average Bonchev–Trinajstić information content (AvgIpc) is 2.11. The summed E-state index contributed by atoms with van der Waals surface area (Å²) < 4.78 is 0. The molecule has 0 saturated heterocycles. The van der Waals surface area contributed by atoms with E-state index in [0.29, 0.717) is 5.41 Å². The lowest BCUT2D eigenvalue weighted by Crippen LogP contribution is -2.31. The minimum Gasteiger partial charge on any atom is -0.356 e. The highest BCUT2D eigenvalue weighted by atomic mass is 32.2. The van der Waals surface area contributed by atoms with E-state index in [-0.39, 0.29) is 11.8 Å². The van der Waals surface area contributed by atoms with Crippen molar-refractivity contribution in [3.8, 4) is 0 Å². The zero-order valence-corrected chi connectivity index (χ0v) is 11.5. The molecule has 0 aliphatic heterocycles. The zero-order valence-electron chi connectivity index (χ0n) is 10.7. The van der Waals surface area contributed by atoms with E-state index in [1.54, 1.807) is 0 Å². The van der Waals surface area contributed by atoms with Crippen LogP contribution >= 0.6 is 11.8 Å². The van der Waals surface area contributed by atoms with Crippen molar-refractivity contribution in [2.45, 2.75) is 41.0 Å². The Kier molecular flexibility index (Phi) is 7.07. The van der Waals surface area contributed by atoms with E-state index in [1.165, 1.54) is 0 Å². The Morgan fingerprint density at radius 2 is 2.00 bits per heavy atom. The molecule has 1 unspecified atom stereocenters. The van der Waals surface area contributed by atoms with Gasteiger partial charge >= 0.3 is 0 Å². The molecule has 1 amide bonds. The van der Waals surface area contributed by atoms with Gasteiger partial charge in [0.25, 0.3) is 0 Å². The molecule has 15 heavy (non-hydrogen) atoms. The molecule has 2 nitrogen and oxygen atoms in total. The molecule has 0 saturated carbocycles. The fraction of sp³-hybridized carbons (Fsp3) is 0.917. The van der Waals surface area contributed by atoms with Crippen LogP contribution in [0.15, 0.2) is 0 Å². The largest absolute Gasteiger partial charge is 0.356 e. The van der Waals surface area contributed by atoms with Crippen LogP contribution < -0.4 is 5.32 Å². The van der Waals surface area contributed by atoms with Gasteiger partial charge in [-0.25, -0.2) is 0 Å². The van der Waals surface area contributed by atoms with E-state index in [2.05, 4.69) is 33.0 Å². The first kappa shape index (κ1) is 14.8. The number of carbonyl (C=O) groups is 1. The maximum absolute atomic E-state index is 11.5. The highest BCUT2D eigenvalue weighted by Crippen LogP contribution is 2.21. The molecule has 0 spiro atoms. The summed E-state index contributed by atoms with van der Waals surface area (Å²) >= 11 is 1.87. The maximum atomic E-state index is 11.5. The maximum Gasteiger partial charge on any atom is 0.223 e. The lowest BCUT2D eigenvalue weighted by Gasteiger charge is -2.18. The minimum absolute atomic E-state index is 0.129. The second-order valence-corrected chi connectivity index (χ2v) is 6.30.